The normalized spacial score (nSPS) is 17.9. The third-order valence-corrected chi connectivity index (χ3v) is 2.80. The highest BCUT2D eigenvalue weighted by molar-refractivity contribution is 5.79. The van der Waals surface area contributed by atoms with Crippen LogP contribution in [0.15, 0.2) is 23.3 Å². The maximum Gasteiger partial charge on any atom is 0.134 e. The summed E-state index contributed by atoms with van der Waals surface area (Å²) in [5.74, 6) is -1.15. The Balaban J connectivity index is 2.00. The van der Waals surface area contributed by atoms with Gasteiger partial charge in [-0.05, 0) is 19.2 Å². The number of hydrogen-bond donors (Lipinski definition) is 0. The number of rotatable bonds is 2. The van der Waals surface area contributed by atoms with Gasteiger partial charge in [-0.1, -0.05) is 0 Å². The van der Waals surface area contributed by atoms with Crippen LogP contribution in [-0.2, 0) is 0 Å². The van der Waals surface area contributed by atoms with E-state index >= 15 is 0 Å². The molecule has 3 nitrogen and oxygen atoms in total. The lowest BCUT2D eigenvalue weighted by molar-refractivity contribution is 0.159. The molecule has 17 heavy (non-hydrogen) atoms. The Kier molecular flexibility index (Phi) is 3.68. The van der Waals surface area contributed by atoms with Gasteiger partial charge in [0.15, 0.2) is 0 Å². The molecule has 0 aliphatic carbocycles. The maximum atomic E-state index is 13.3. The number of benzene rings is 1. The fraction of sp³-hybridized carbons (Fsp3) is 0.417. The first kappa shape index (κ1) is 12.0. The van der Waals surface area contributed by atoms with Crippen molar-refractivity contribution in [3.63, 3.8) is 0 Å². The van der Waals surface area contributed by atoms with Gasteiger partial charge in [-0.15, -0.1) is 0 Å². The van der Waals surface area contributed by atoms with Gasteiger partial charge in [0.05, 0.1) is 6.21 Å². The van der Waals surface area contributed by atoms with Crippen LogP contribution in [0.25, 0.3) is 0 Å². The quantitative estimate of drug-likeness (QED) is 0.729. The molecule has 2 rings (SSSR count). The van der Waals surface area contributed by atoms with Gasteiger partial charge in [0, 0.05) is 37.8 Å². The lowest BCUT2D eigenvalue weighted by atomic mass is 10.2. The molecule has 0 amide bonds. The van der Waals surface area contributed by atoms with Crippen LogP contribution in [0.2, 0.25) is 0 Å². The number of hydrogen-bond acceptors (Lipinski definition) is 3. The molecule has 1 saturated heterocycles. The molecule has 1 aromatic rings. The summed E-state index contributed by atoms with van der Waals surface area (Å²) in [6.45, 7) is 3.55. The van der Waals surface area contributed by atoms with E-state index in [0.717, 1.165) is 32.2 Å². The van der Waals surface area contributed by atoms with Gasteiger partial charge < -0.3 is 4.90 Å². The van der Waals surface area contributed by atoms with Crippen molar-refractivity contribution in [1.29, 1.82) is 0 Å². The average molecular weight is 239 g/mol. The van der Waals surface area contributed by atoms with Crippen molar-refractivity contribution < 1.29 is 8.78 Å². The van der Waals surface area contributed by atoms with Crippen LogP contribution in [-0.4, -0.2) is 49.4 Å². The molecule has 92 valence electrons. The number of piperazine rings is 1. The van der Waals surface area contributed by atoms with Crippen molar-refractivity contribution in [3.05, 3.63) is 35.4 Å². The molecule has 0 spiro atoms. The zero-order chi connectivity index (χ0) is 12.3. The number of halogens is 2. The largest absolute Gasteiger partial charge is 0.303 e. The molecular formula is C12H15F2N3. The minimum atomic E-state index is -0.581. The molecule has 5 heteroatoms. The summed E-state index contributed by atoms with van der Waals surface area (Å²) in [5.41, 5.74) is 0.310. The molecule has 0 unspecified atom stereocenters. The van der Waals surface area contributed by atoms with Crippen LogP contribution in [0, 0.1) is 11.6 Å². The highest BCUT2D eigenvalue weighted by Gasteiger charge is 2.11. The van der Waals surface area contributed by atoms with E-state index in [1.807, 2.05) is 5.01 Å². The minimum absolute atomic E-state index is 0.310. The van der Waals surface area contributed by atoms with Crippen molar-refractivity contribution in [2.45, 2.75) is 0 Å². The molecule has 0 N–H and O–H groups in total. The summed E-state index contributed by atoms with van der Waals surface area (Å²) >= 11 is 0. The first-order valence-corrected chi connectivity index (χ1v) is 5.57. The smallest absolute Gasteiger partial charge is 0.134 e. The fourth-order valence-electron chi connectivity index (χ4n) is 1.66. The SMILES string of the molecule is CN1CCN(N=Cc2ccc(F)cc2F)CC1. The average Bonchev–Trinajstić information content (AvgIpc) is 2.30. The molecule has 0 bridgehead atoms. The van der Waals surface area contributed by atoms with Crippen molar-refractivity contribution in [3.8, 4) is 0 Å². The van der Waals surface area contributed by atoms with Crippen molar-refractivity contribution in [2.75, 3.05) is 33.2 Å². The Morgan fingerprint density at radius 1 is 1.18 bits per heavy atom. The Morgan fingerprint density at radius 2 is 1.88 bits per heavy atom. The maximum absolute atomic E-state index is 13.3. The summed E-state index contributed by atoms with van der Waals surface area (Å²) in [6.07, 6.45) is 1.44. The third kappa shape index (κ3) is 3.23. The molecule has 1 aliphatic rings. The number of hydrazone groups is 1. The molecule has 1 aliphatic heterocycles. The van der Waals surface area contributed by atoms with Gasteiger partial charge in [0.1, 0.15) is 11.6 Å². The van der Waals surface area contributed by atoms with Crippen LogP contribution in [0.3, 0.4) is 0 Å². The highest BCUT2D eigenvalue weighted by Crippen LogP contribution is 2.08. The molecule has 1 aromatic carbocycles. The van der Waals surface area contributed by atoms with Gasteiger partial charge in [0.25, 0.3) is 0 Å². The van der Waals surface area contributed by atoms with Gasteiger partial charge >= 0.3 is 0 Å². The molecule has 0 radical (unpaired) electrons. The standard InChI is InChI=1S/C12H15F2N3/c1-16-4-6-17(7-5-16)15-9-10-2-3-11(13)8-12(10)14/h2-3,8-9H,4-7H2,1H3. The summed E-state index contributed by atoms with van der Waals surface area (Å²) in [7, 11) is 2.06. The second-order valence-corrected chi connectivity index (χ2v) is 4.17. The van der Waals surface area contributed by atoms with Crippen LogP contribution in [0.4, 0.5) is 8.78 Å². The van der Waals surface area contributed by atoms with E-state index in [1.165, 1.54) is 18.3 Å². The second kappa shape index (κ2) is 5.23. The highest BCUT2D eigenvalue weighted by atomic mass is 19.1. The van der Waals surface area contributed by atoms with Crippen molar-refractivity contribution >= 4 is 6.21 Å². The summed E-state index contributed by atoms with van der Waals surface area (Å²) in [5, 5.41) is 6.09. The van der Waals surface area contributed by atoms with Crippen LogP contribution >= 0.6 is 0 Å². The Morgan fingerprint density at radius 3 is 2.53 bits per heavy atom. The van der Waals surface area contributed by atoms with Crippen LogP contribution < -0.4 is 0 Å². The molecule has 0 saturated carbocycles. The molecule has 1 heterocycles. The van der Waals surface area contributed by atoms with Gasteiger partial charge in [-0.2, -0.15) is 5.10 Å². The van der Waals surface area contributed by atoms with E-state index in [-0.39, 0.29) is 0 Å². The minimum Gasteiger partial charge on any atom is -0.303 e. The Bertz CT molecular complexity index is 412. The van der Waals surface area contributed by atoms with E-state index in [4.69, 9.17) is 0 Å². The van der Waals surface area contributed by atoms with Crippen molar-refractivity contribution in [2.24, 2.45) is 5.10 Å². The van der Waals surface area contributed by atoms with Crippen LogP contribution in [0.5, 0.6) is 0 Å². The summed E-state index contributed by atoms with van der Waals surface area (Å²) in [6, 6.07) is 3.49. The molecule has 1 fully saturated rings. The number of likely N-dealkylation sites (N-methyl/N-ethyl adjacent to an activating group) is 1. The van der Waals surface area contributed by atoms with E-state index in [2.05, 4.69) is 17.0 Å². The first-order chi connectivity index (χ1) is 8.15. The second-order valence-electron chi connectivity index (χ2n) is 4.17. The first-order valence-electron chi connectivity index (χ1n) is 5.57. The van der Waals surface area contributed by atoms with Gasteiger partial charge in [-0.25, -0.2) is 8.78 Å². The monoisotopic (exact) mass is 239 g/mol. The third-order valence-electron chi connectivity index (χ3n) is 2.80. The molecule has 0 atom stereocenters. The molecular weight excluding hydrogens is 224 g/mol. The van der Waals surface area contributed by atoms with Gasteiger partial charge in [-0.3, -0.25) is 5.01 Å². The molecule has 0 aromatic heterocycles. The van der Waals surface area contributed by atoms with Gasteiger partial charge in [0.2, 0.25) is 0 Å². The van der Waals surface area contributed by atoms with Crippen molar-refractivity contribution in [1.82, 2.24) is 9.91 Å². The predicted octanol–water partition coefficient (Wildman–Crippen LogP) is 1.55. The summed E-state index contributed by atoms with van der Waals surface area (Å²) < 4.78 is 26.0. The zero-order valence-corrected chi connectivity index (χ0v) is 9.74. The van der Waals surface area contributed by atoms with E-state index in [9.17, 15) is 8.78 Å². The van der Waals surface area contributed by atoms with E-state index in [0.29, 0.717) is 5.56 Å². The zero-order valence-electron chi connectivity index (χ0n) is 9.74. The lowest BCUT2D eigenvalue weighted by Crippen LogP contribution is -2.41. The van der Waals surface area contributed by atoms with Crippen LogP contribution in [0.1, 0.15) is 5.56 Å². The Hall–Kier alpha value is -1.49. The Labute approximate surface area is 99.3 Å². The fourth-order valence-corrected chi connectivity index (χ4v) is 1.66. The topological polar surface area (TPSA) is 18.8 Å². The number of nitrogens with zero attached hydrogens (tertiary/aromatic N) is 3. The lowest BCUT2D eigenvalue weighted by Gasteiger charge is -2.30. The van der Waals surface area contributed by atoms with E-state index < -0.39 is 11.6 Å². The van der Waals surface area contributed by atoms with E-state index in [1.54, 1.807) is 0 Å². The summed E-state index contributed by atoms with van der Waals surface area (Å²) in [4.78, 5) is 2.21. The predicted molar refractivity (Wildman–Crippen MR) is 63.0 cm³/mol.